The number of fused-ring (bicyclic) bond motifs is 1. The number of rotatable bonds is 6. The van der Waals surface area contributed by atoms with Crippen LogP contribution in [0, 0.1) is 0 Å². The number of amides is 2. The number of carbonyl (C=O) groups is 3. The van der Waals surface area contributed by atoms with Gasteiger partial charge in [-0.2, -0.15) is 0 Å². The summed E-state index contributed by atoms with van der Waals surface area (Å²) in [5.41, 5.74) is 2.84. The Bertz CT molecular complexity index is 843. The van der Waals surface area contributed by atoms with Crippen LogP contribution in [0.25, 0.3) is 0 Å². The zero-order chi connectivity index (χ0) is 18.5. The summed E-state index contributed by atoms with van der Waals surface area (Å²) in [6.07, 6.45) is 1.15. The smallest absolute Gasteiger partial charge is 0.262 e. The van der Waals surface area contributed by atoms with Crippen LogP contribution in [0.2, 0.25) is 0 Å². The number of carbonyl (C=O) groups excluding carboxylic acids is 3. The Morgan fingerprint density at radius 1 is 1.12 bits per heavy atom. The van der Waals surface area contributed by atoms with Crippen molar-refractivity contribution in [3.63, 3.8) is 0 Å². The second-order valence-electron chi connectivity index (χ2n) is 6.07. The molecule has 26 heavy (non-hydrogen) atoms. The topological polar surface area (TPSA) is 84.5 Å². The average molecular weight is 352 g/mol. The van der Waals surface area contributed by atoms with Crippen molar-refractivity contribution in [2.45, 2.75) is 26.2 Å². The molecule has 0 radical (unpaired) electrons. The lowest BCUT2D eigenvalue weighted by molar-refractivity contribution is -0.118. The van der Waals surface area contributed by atoms with Gasteiger partial charge in [0.2, 0.25) is 5.91 Å². The van der Waals surface area contributed by atoms with Crippen molar-refractivity contribution < 1.29 is 19.1 Å². The predicted octanol–water partition coefficient (Wildman–Crippen LogP) is 3.18. The van der Waals surface area contributed by atoms with Crippen LogP contribution in [0.5, 0.6) is 5.75 Å². The molecule has 6 heteroatoms. The van der Waals surface area contributed by atoms with Crippen molar-refractivity contribution >= 4 is 29.0 Å². The summed E-state index contributed by atoms with van der Waals surface area (Å²) in [4.78, 5) is 35.6. The third kappa shape index (κ3) is 4.27. The van der Waals surface area contributed by atoms with E-state index >= 15 is 0 Å². The van der Waals surface area contributed by atoms with Crippen molar-refractivity contribution in [1.29, 1.82) is 0 Å². The summed E-state index contributed by atoms with van der Waals surface area (Å²) in [7, 11) is 0. The van der Waals surface area contributed by atoms with E-state index in [1.807, 2.05) is 12.1 Å². The van der Waals surface area contributed by atoms with Crippen molar-refractivity contribution in [1.82, 2.24) is 0 Å². The number of nitrogens with one attached hydrogen (secondary N) is 2. The lowest BCUT2D eigenvalue weighted by atomic mass is 10.0. The van der Waals surface area contributed by atoms with Gasteiger partial charge in [0.25, 0.3) is 5.91 Å². The largest absolute Gasteiger partial charge is 0.482 e. The molecule has 2 N–H and O–H groups in total. The fraction of sp³-hybridized carbons (Fsp3) is 0.250. The summed E-state index contributed by atoms with van der Waals surface area (Å²) < 4.78 is 5.27. The molecule has 2 aromatic carbocycles. The van der Waals surface area contributed by atoms with E-state index in [2.05, 4.69) is 17.6 Å². The zero-order valence-electron chi connectivity index (χ0n) is 14.5. The Morgan fingerprint density at radius 3 is 2.62 bits per heavy atom. The number of benzene rings is 2. The molecule has 0 fully saturated rings. The van der Waals surface area contributed by atoms with Crippen LogP contribution in [-0.2, 0) is 16.0 Å². The Balaban J connectivity index is 1.54. The molecule has 1 heterocycles. The molecule has 2 amide bonds. The van der Waals surface area contributed by atoms with Gasteiger partial charge in [-0.05, 0) is 30.2 Å². The molecule has 0 saturated carbocycles. The van der Waals surface area contributed by atoms with E-state index in [1.165, 1.54) is 5.56 Å². The summed E-state index contributed by atoms with van der Waals surface area (Å²) in [6, 6.07) is 12.5. The van der Waals surface area contributed by atoms with E-state index in [1.54, 1.807) is 30.3 Å². The minimum atomic E-state index is -0.258. The Morgan fingerprint density at radius 2 is 1.88 bits per heavy atom. The third-order valence-corrected chi connectivity index (χ3v) is 4.16. The van der Waals surface area contributed by atoms with Crippen LogP contribution in [0.3, 0.4) is 0 Å². The predicted molar refractivity (Wildman–Crippen MR) is 98.6 cm³/mol. The number of aryl methyl sites for hydroxylation is 1. The van der Waals surface area contributed by atoms with Crippen LogP contribution in [0.15, 0.2) is 42.5 Å². The molecule has 0 saturated heterocycles. The number of Topliss-reactive ketones (excluding diaryl/α,β-unsaturated/α-hetero) is 1. The molecule has 0 spiro atoms. The van der Waals surface area contributed by atoms with E-state index < -0.39 is 0 Å². The molecule has 2 aromatic rings. The first kappa shape index (κ1) is 17.7. The van der Waals surface area contributed by atoms with E-state index in [4.69, 9.17) is 4.74 Å². The van der Waals surface area contributed by atoms with Gasteiger partial charge in [-0.3, -0.25) is 14.4 Å². The van der Waals surface area contributed by atoms with E-state index in [0.717, 1.165) is 6.42 Å². The SMILES string of the molecule is CCc1ccc(C(=O)CCC(=O)Nc2ccc3c(c2)NC(=O)CO3)cc1. The van der Waals surface area contributed by atoms with Crippen molar-refractivity contribution in [3.8, 4) is 5.75 Å². The lowest BCUT2D eigenvalue weighted by Gasteiger charge is -2.18. The minimum Gasteiger partial charge on any atom is -0.482 e. The second-order valence-corrected chi connectivity index (χ2v) is 6.07. The summed E-state index contributed by atoms with van der Waals surface area (Å²) in [6.45, 7) is 2.04. The van der Waals surface area contributed by atoms with E-state index in [9.17, 15) is 14.4 Å². The molecule has 6 nitrogen and oxygen atoms in total. The van der Waals surface area contributed by atoms with Crippen molar-refractivity contribution in [3.05, 3.63) is 53.6 Å². The Hall–Kier alpha value is -3.15. The molecule has 0 unspecified atom stereocenters. The molecule has 0 aliphatic carbocycles. The normalized spacial score (nSPS) is 12.6. The minimum absolute atomic E-state index is 0.0138. The third-order valence-electron chi connectivity index (χ3n) is 4.16. The molecule has 0 aromatic heterocycles. The second kappa shape index (κ2) is 7.82. The maximum absolute atomic E-state index is 12.2. The number of ketones is 1. The fourth-order valence-electron chi connectivity index (χ4n) is 2.68. The number of hydrogen-bond donors (Lipinski definition) is 2. The van der Waals surface area contributed by atoms with Gasteiger partial charge in [-0.1, -0.05) is 31.2 Å². The van der Waals surface area contributed by atoms with Crippen LogP contribution in [0.1, 0.15) is 35.7 Å². The van der Waals surface area contributed by atoms with Gasteiger partial charge < -0.3 is 15.4 Å². The zero-order valence-corrected chi connectivity index (χ0v) is 14.5. The van der Waals surface area contributed by atoms with Crippen molar-refractivity contribution in [2.24, 2.45) is 0 Å². The van der Waals surface area contributed by atoms with Crippen LogP contribution >= 0.6 is 0 Å². The number of hydrogen-bond acceptors (Lipinski definition) is 4. The highest BCUT2D eigenvalue weighted by Gasteiger charge is 2.16. The first-order chi connectivity index (χ1) is 12.5. The van der Waals surface area contributed by atoms with E-state index in [0.29, 0.717) is 22.7 Å². The number of ether oxygens (including phenoxy) is 1. The Kier molecular flexibility index (Phi) is 5.31. The average Bonchev–Trinajstić information content (AvgIpc) is 2.66. The van der Waals surface area contributed by atoms with Gasteiger partial charge in [-0.15, -0.1) is 0 Å². The fourth-order valence-corrected chi connectivity index (χ4v) is 2.68. The first-order valence-corrected chi connectivity index (χ1v) is 8.54. The first-order valence-electron chi connectivity index (χ1n) is 8.54. The quantitative estimate of drug-likeness (QED) is 0.782. The highest BCUT2D eigenvalue weighted by molar-refractivity contribution is 6.01. The van der Waals surface area contributed by atoms with Gasteiger partial charge >= 0.3 is 0 Å². The standard InChI is InChI=1S/C20H20N2O4/c1-2-13-3-5-14(6-4-13)17(23)8-10-19(24)21-15-7-9-18-16(11-15)22-20(25)12-26-18/h3-7,9,11H,2,8,10,12H2,1H3,(H,21,24)(H,22,25). The van der Waals surface area contributed by atoms with Gasteiger partial charge in [-0.25, -0.2) is 0 Å². The van der Waals surface area contributed by atoms with Gasteiger partial charge in [0, 0.05) is 24.1 Å². The summed E-state index contributed by atoms with van der Waals surface area (Å²) in [5, 5.41) is 5.42. The van der Waals surface area contributed by atoms with Gasteiger partial charge in [0.1, 0.15) is 5.75 Å². The van der Waals surface area contributed by atoms with Crippen LogP contribution in [-0.4, -0.2) is 24.2 Å². The molecular formula is C20H20N2O4. The summed E-state index contributed by atoms with van der Waals surface area (Å²) >= 11 is 0. The highest BCUT2D eigenvalue weighted by Crippen LogP contribution is 2.30. The molecule has 134 valence electrons. The van der Waals surface area contributed by atoms with E-state index in [-0.39, 0.29) is 37.0 Å². The molecule has 1 aliphatic heterocycles. The Labute approximate surface area is 151 Å². The van der Waals surface area contributed by atoms with Crippen LogP contribution in [0.4, 0.5) is 11.4 Å². The summed E-state index contributed by atoms with van der Waals surface area (Å²) in [5.74, 6) is 0.00871. The number of anilines is 2. The molecular weight excluding hydrogens is 332 g/mol. The van der Waals surface area contributed by atoms with Gasteiger partial charge in [0.05, 0.1) is 5.69 Å². The lowest BCUT2D eigenvalue weighted by Crippen LogP contribution is -2.25. The monoisotopic (exact) mass is 352 g/mol. The molecule has 3 rings (SSSR count). The molecule has 0 atom stereocenters. The highest BCUT2D eigenvalue weighted by atomic mass is 16.5. The molecule has 0 bridgehead atoms. The molecule has 1 aliphatic rings. The maximum Gasteiger partial charge on any atom is 0.262 e. The maximum atomic E-state index is 12.2. The van der Waals surface area contributed by atoms with Gasteiger partial charge in [0.15, 0.2) is 12.4 Å². The van der Waals surface area contributed by atoms with Crippen molar-refractivity contribution in [2.75, 3.05) is 17.2 Å². The van der Waals surface area contributed by atoms with Crippen LogP contribution < -0.4 is 15.4 Å².